The predicted molar refractivity (Wildman–Crippen MR) is 90.3 cm³/mol. The zero-order chi connectivity index (χ0) is 16.4. The SMILES string of the molecule is Cc1cccc(NC(C)C(=O)Nc2c(C)nn(C)c2C)c1C. The first-order valence-electron chi connectivity index (χ1n) is 7.45. The summed E-state index contributed by atoms with van der Waals surface area (Å²) in [5.74, 6) is -0.0693. The number of nitrogens with one attached hydrogen (secondary N) is 2. The number of benzene rings is 1. The van der Waals surface area contributed by atoms with Crippen LogP contribution in [0.15, 0.2) is 18.2 Å². The molecule has 0 aliphatic heterocycles. The van der Waals surface area contributed by atoms with Crippen molar-refractivity contribution in [1.29, 1.82) is 0 Å². The lowest BCUT2D eigenvalue weighted by Gasteiger charge is -2.18. The van der Waals surface area contributed by atoms with E-state index >= 15 is 0 Å². The van der Waals surface area contributed by atoms with Crippen LogP contribution < -0.4 is 10.6 Å². The number of anilines is 2. The molecule has 0 saturated heterocycles. The van der Waals surface area contributed by atoms with Crippen LogP contribution in [-0.4, -0.2) is 21.7 Å². The maximum Gasteiger partial charge on any atom is 0.246 e. The Hall–Kier alpha value is -2.30. The number of amides is 1. The molecule has 0 aliphatic rings. The Balaban J connectivity index is 2.11. The van der Waals surface area contributed by atoms with Crippen LogP contribution in [0.5, 0.6) is 0 Å². The monoisotopic (exact) mass is 300 g/mol. The van der Waals surface area contributed by atoms with Gasteiger partial charge in [0, 0.05) is 12.7 Å². The number of rotatable bonds is 4. The molecule has 1 aromatic carbocycles. The summed E-state index contributed by atoms with van der Waals surface area (Å²) in [5, 5.41) is 10.6. The van der Waals surface area contributed by atoms with Crippen molar-refractivity contribution in [2.45, 2.75) is 40.7 Å². The van der Waals surface area contributed by atoms with Gasteiger partial charge >= 0.3 is 0 Å². The van der Waals surface area contributed by atoms with Crippen molar-refractivity contribution >= 4 is 17.3 Å². The molecule has 0 spiro atoms. The number of nitrogens with zero attached hydrogens (tertiary/aromatic N) is 2. The molecule has 0 fully saturated rings. The molecule has 0 radical (unpaired) electrons. The lowest BCUT2D eigenvalue weighted by molar-refractivity contribution is -0.116. The third kappa shape index (κ3) is 3.13. The number of aromatic nitrogens is 2. The molecule has 0 bridgehead atoms. The summed E-state index contributed by atoms with van der Waals surface area (Å²) >= 11 is 0. The molecular formula is C17H24N4O. The molecule has 1 aromatic heterocycles. The van der Waals surface area contributed by atoms with Crippen LogP contribution in [0.2, 0.25) is 0 Å². The van der Waals surface area contributed by atoms with E-state index < -0.39 is 0 Å². The van der Waals surface area contributed by atoms with Gasteiger partial charge in [-0.3, -0.25) is 9.48 Å². The fourth-order valence-electron chi connectivity index (χ4n) is 2.39. The highest BCUT2D eigenvalue weighted by Crippen LogP contribution is 2.21. The minimum Gasteiger partial charge on any atom is -0.374 e. The van der Waals surface area contributed by atoms with Gasteiger partial charge < -0.3 is 10.6 Å². The summed E-state index contributed by atoms with van der Waals surface area (Å²) in [6.45, 7) is 9.81. The highest BCUT2D eigenvalue weighted by Gasteiger charge is 2.18. The van der Waals surface area contributed by atoms with Crippen LogP contribution in [0.3, 0.4) is 0 Å². The van der Waals surface area contributed by atoms with Crippen molar-refractivity contribution in [1.82, 2.24) is 9.78 Å². The first-order valence-corrected chi connectivity index (χ1v) is 7.45. The second kappa shape index (κ2) is 6.22. The van der Waals surface area contributed by atoms with Gasteiger partial charge in [-0.2, -0.15) is 5.10 Å². The average molecular weight is 300 g/mol. The number of aryl methyl sites for hydroxylation is 3. The zero-order valence-electron chi connectivity index (χ0n) is 14.1. The van der Waals surface area contributed by atoms with Gasteiger partial charge in [-0.05, 0) is 51.8 Å². The fraction of sp³-hybridized carbons (Fsp3) is 0.412. The number of hydrogen-bond acceptors (Lipinski definition) is 3. The van der Waals surface area contributed by atoms with E-state index in [2.05, 4.69) is 35.6 Å². The van der Waals surface area contributed by atoms with E-state index in [0.717, 1.165) is 28.3 Å². The maximum absolute atomic E-state index is 12.4. The normalized spacial score (nSPS) is 12.1. The zero-order valence-corrected chi connectivity index (χ0v) is 14.1. The molecule has 1 amide bonds. The molecule has 2 rings (SSSR count). The van der Waals surface area contributed by atoms with Crippen LogP contribution in [-0.2, 0) is 11.8 Å². The van der Waals surface area contributed by atoms with Crippen LogP contribution in [0.25, 0.3) is 0 Å². The molecule has 1 unspecified atom stereocenters. The Bertz CT molecular complexity index is 703. The Kier molecular flexibility index (Phi) is 4.54. The molecule has 2 aromatic rings. The molecule has 5 heteroatoms. The highest BCUT2D eigenvalue weighted by atomic mass is 16.2. The van der Waals surface area contributed by atoms with Crippen molar-refractivity contribution in [2.75, 3.05) is 10.6 Å². The molecule has 5 nitrogen and oxygen atoms in total. The standard InChI is InChI=1S/C17H24N4O/c1-10-8-7-9-15(11(10)2)18-13(4)17(22)19-16-12(3)20-21(6)14(16)5/h7-9,13,18H,1-6H3,(H,19,22). The van der Waals surface area contributed by atoms with Gasteiger partial charge in [0.2, 0.25) is 5.91 Å². The van der Waals surface area contributed by atoms with Crippen LogP contribution in [0.1, 0.15) is 29.4 Å². The second-order valence-corrected chi connectivity index (χ2v) is 5.77. The Morgan fingerprint density at radius 1 is 1.23 bits per heavy atom. The van der Waals surface area contributed by atoms with E-state index in [1.165, 1.54) is 5.56 Å². The van der Waals surface area contributed by atoms with Crippen molar-refractivity contribution < 1.29 is 4.79 Å². The Morgan fingerprint density at radius 2 is 1.91 bits per heavy atom. The van der Waals surface area contributed by atoms with Crippen LogP contribution >= 0.6 is 0 Å². The van der Waals surface area contributed by atoms with Gasteiger partial charge in [-0.25, -0.2) is 0 Å². The molecule has 118 valence electrons. The van der Waals surface area contributed by atoms with Gasteiger partial charge in [-0.15, -0.1) is 0 Å². The van der Waals surface area contributed by atoms with Crippen molar-refractivity contribution in [2.24, 2.45) is 7.05 Å². The van der Waals surface area contributed by atoms with Gasteiger partial charge in [0.25, 0.3) is 0 Å². The largest absolute Gasteiger partial charge is 0.374 e. The van der Waals surface area contributed by atoms with E-state index in [-0.39, 0.29) is 11.9 Å². The fourth-order valence-corrected chi connectivity index (χ4v) is 2.39. The molecular weight excluding hydrogens is 276 g/mol. The molecule has 0 aliphatic carbocycles. The van der Waals surface area contributed by atoms with E-state index in [4.69, 9.17) is 0 Å². The molecule has 22 heavy (non-hydrogen) atoms. The van der Waals surface area contributed by atoms with Crippen molar-refractivity contribution in [3.63, 3.8) is 0 Å². The Morgan fingerprint density at radius 3 is 2.50 bits per heavy atom. The summed E-state index contributed by atoms with van der Waals surface area (Å²) in [7, 11) is 1.87. The maximum atomic E-state index is 12.4. The van der Waals surface area contributed by atoms with E-state index in [1.54, 1.807) is 4.68 Å². The topological polar surface area (TPSA) is 59.0 Å². The third-order valence-corrected chi connectivity index (χ3v) is 4.13. The summed E-state index contributed by atoms with van der Waals surface area (Å²) < 4.78 is 1.77. The van der Waals surface area contributed by atoms with E-state index in [0.29, 0.717) is 0 Å². The lowest BCUT2D eigenvalue weighted by atomic mass is 10.1. The quantitative estimate of drug-likeness (QED) is 0.912. The first kappa shape index (κ1) is 16.1. The third-order valence-electron chi connectivity index (χ3n) is 4.13. The molecule has 1 heterocycles. The van der Waals surface area contributed by atoms with E-state index in [1.807, 2.05) is 40.0 Å². The smallest absolute Gasteiger partial charge is 0.246 e. The highest BCUT2D eigenvalue weighted by molar-refractivity contribution is 5.97. The molecule has 2 N–H and O–H groups in total. The lowest BCUT2D eigenvalue weighted by Crippen LogP contribution is -2.32. The average Bonchev–Trinajstić information content (AvgIpc) is 2.70. The number of hydrogen-bond donors (Lipinski definition) is 2. The Labute approximate surface area is 131 Å². The summed E-state index contributed by atoms with van der Waals surface area (Å²) in [4.78, 5) is 12.4. The predicted octanol–water partition coefficient (Wildman–Crippen LogP) is 3.09. The minimum atomic E-state index is -0.334. The van der Waals surface area contributed by atoms with Gasteiger partial charge in [0.1, 0.15) is 6.04 Å². The van der Waals surface area contributed by atoms with Crippen LogP contribution in [0.4, 0.5) is 11.4 Å². The van der Waals surface area contributed by atoms with Crippen LogP contribution in [0, 0.1) is 27.7 Å². The molecule has 0 saturated carbocycles. The summed E-state index contributed by atoms with van der Waals surface area (Å²) in [6, 6.07) is 5.71. The van der Waals surface area contributed by atoms with Gasteiger partial charge in [0.05, 0.1) is 17.1 Å². The van der Waals surface area contributed by atoms with Gasteiger partial charge in [0.15, 0.2) is 0 Å². The van der Waals surface area contributed by atoms with Gasteiger partial charge in [-0.1, -0.05) is 12.1 Å². The number of carbonyl (C=O) groups is 1. The van der Waals surface area contributed by atoms with Crippen molar-refractivity contribution in [3.8, 4) is 0 Å². The summed E-state index contributed by atoms with van der Waals surface area (Å²) in [6.07, 6.45) is 0. The summed E-state index contributed by atoms with van der Waals surface area (Å²) in [5.41, 5.74) is 5.92. The minimum absolute atomic E-state index is 0.0693. The first-order chi connectivity index (χ1) is 10.3. The van der Waals surface area contributed by atoms with Crippen molar-refractivity contribution in [3.05, 3.63) is 40.7 Å². The molecule has 1 atom stereocenters. The second-order valence-electron chi connectivity index (χ2n) is 5.77. The number of carbonyl (C=O) groups excluding carboxylic acids is 1. The van der Waals surface area contributed by atoms with E-state index in [9.17, 15) is 4.79 Å².